The van der Waals surface area contributed by atoms with Crippen LogP contribution in [-0.4, -0.2) is 19.7 Å². The summed E-state index contributed by atoms with van der Waals surface area (Å²) in [6.45, 7) is 2.94. The van der Waals surface area contributed by atoms with E-state index >= 15 is 0 Å². The van der Waals surface area contributed by atoms with Crippen LogP contribution in [0.3, 0.4) is 0 Å². The lowest BCUT2D eigenvalue weighted by Gasteiger charge is -2.25. The molecule has 2 unspecified atom stereocenters. The second kappa shape index (κ2) is 5.37. The van der Waals surface area contributed by atoms with Crippen molar-refractivity contribution in [1.82, 2.24) is 0 Å². The van der Waals surface area contributed by atoms with Crippen LogP contribution in [-0.2, 0) is 0 Å². The molecule has 0 fully saturated rings. The number of hydrogen-bond donors (Lipinski definition) is 0. The molecule has 1 heterocycles. The summed E-state index contributed by atoms with van der Waals surface area (Å²) in [5, 5.41) is 0.733. The second-order valence-corrected chi connectivity index (χ2v) is 5.73. The number of anilines is 1. The van der Waals surface area contributed by atoms with Crippen LogP contribution in [0.4, 0.5) is 5.69 Å². The molecule has 2 aromatic rings. The largest absolute Gasteiger partial charge is 0.491 e. The second-order valence-electron chi connectivity index (χ2n) is 5.29. The predicted molar refractivity (Wildman–Crippen MR) is 84.0 cm³/mol. The van der Waals surface area contributed by atoms with Crippen molar-refractivity contribution in [2.45, 2.75) is 18.9 Å². The molecular weight excluding hydrogens is 270 g/mol. The summed E-state index contributed by atoms with van der Waals surface area (Å²) in [6, 6.07) is 16.5. The van der Waals surface area contributed by atoms with Gasteiger partial charge in [-0.2, -0.15) is 0 Å². The minimum absolute atomic E-state index is 0.364. The molecule has 2 nitrogen and oxygen atoms in total. The maximum Gasteiger partial charge on any atom is 0.119 e. The summed E-state index contributed by atoms with van der Waals surface area (Å²) in [5.74, 6) is 1.34. The van der Waals surface area contributed by atoms with E-state index in [0.29, 0.717) is 18.6 Å². The van der Waals surface area contributed by atoms with E-state index in [1.807, 2.05) is 24.3 Å². The van der Waals surface area contributed by atoms with Gasteiger partial charge in [-0.15, -0.1) is 0 Å². The van der Waals surface area contributed by atoms with E-state index in [4.69, 9.17) is 16.3 Å². The molecule has 3 rings (SSSR count). The molecule has 0 saturated heterocycles. The van der Waals surface area contributed by atoms with Crippen LogP contribution in [0.2, 0.25) is 5.02 Å². The molecule has 0 radical (unpaired) electrons. The third-order valence-electron chi connectivity index (χ3n) is 4.12. The zero-order valence-corrected chi connectivity index (χ0v) is 12.5. The van der Waals surface area contributed by atoms with Crippen LogP contribution >= 0.6 is 11.6 Å². The van der Waals surface area contributed by atoms with Crippen LogP contribution in [0.1, 0.15) is 18.4 Å². The fourth-order valence-electron chi connectivity index (χ4n) is 2.88. The molecule has 3 heteroatoms. The molecule has 2 aromatic carbocycles. The Balaban J connectivity index is 1.72. The Bertz CT molecular complexity index is 567. The number of para-hydroxylation sites is 1. The molecule has 20 heavy (non-hydrogen) atoms. The summed E-state index contributed by atoms with van der Waals surface area (Å²) >= 11 is 5.88. The van der Waals surface area contributed by atoms with Crippen molar-refractivity contribution in [3.63, 3.8) is 0 Å². The van der Waals surface area contributed by atoms with Crippen molar-refractivity contribution in [3.8, 4) is 5.75 Å². The third kappa shape index (κ3) is 2.36. The minimum atomic E-state index is 0.364. The molecule has 0 aliphatic carbocycles. The number of nitrogens with zero attached hydrogens (tertiary/aromatic N) is 1. The molecule has 2 atom stereocenters. The van der Waals surface area contributed by atoms with Crippen molar-refractivity contribution in [2.24, 2.45) is 0 Å². The van der Waals surface area contributed by atoms with Gasteiger partial charge in [0, 0.05) is 23.7 Å². The highest BCUT2D eigenvalue weighted by atomic mass is 35.5. The van der Waals surface area contributed by atoms with Crippen LogP contribution in [0, 0.1) is 0 Å². The zero-order valence-electron chi connectivity index (χ0n) is 11.7. The summed E-state index contributed by atoms with van der Waals surface area (Å²) in [7, 11) is 2.14. The van der Waals surface area contributed by atoms with Crippen molar-refractivity contribution in [1.29, 1.82) is 0 Å². The molecule has 1 aliphatic rings. The molecule has 1 aliphatic heterocycles. The zero-order chi connectivity index (χ0) is 14.1. The normalized spacial score (nSPS) is 20.9. The lowest BCUT2D eigenvalue weighted by Crippen LogP contribution is -2.35. The number of ether oxygens (including phenoxy) is 1. The SMILES string of the molecule is CC1c2ccccc2N(C)C1COc1ccc(Cl)cc1. The summed E-state index contributed by atoms with van der Waals surface area (Å²) in [6.07, 6.45) is 0. The van der Waals surface area contributed by atoms with E-state index in [2.05, 4.69) is 43.1 Å². The van der Waals surface area contributed by atoms with E-state index in [9.17, 15) is 0 Å². The topological polar surface area (TPSA) is 12.5 Å². The first-order valence-corrected chi connectivity index (χ1v) is 7.25. The van der Waals surface area contributed by atoms with Gasteiger partial charge in [-0.3, -0.25) is 0 Å². The first-order chi connectivity index (χ1) is 9.66. The smallest absolute Gasteiger partial charge is 0.119 e. The van der Waals surface area contributed by atoms with Crippen molar-refractivity contribution < 1.29 is 4.74 Å². The molecule has 0 amide bonds. The minimum Gasteiger partial charge on any atom is -0.491 e. The van der Waals surface area contributed by atoms with E-state index in [-0.39, 0.29) is 0 Å². The highest BCUT2D eigenvalue weighted by molar-refractivity contribution is 6.30. The number of halogens is 1. The highest BCUT2D eigenvalue weighted by Gasteiger charge is 2.33. The van der Waals surface area contributed by atoms with Gasteiger partial charge in [-0.05, 0) is 35.9 Å². The van der Waals surface area contributed by atoms with E-state index < -0.39 is 0 Å². The Hall–Kier alpha value is -1.67. The van der Waals surface area contributed by atoms with Gasteiger partial charge in [0.15, 0.2) is 0 Å². The van der Waals surface area contributed by atoms with E-state index in [0.717, 1.165) is 10.8 Å². The molecule has 0 aromatic heterocycles. The van der Waals surface area contributed by atoms with Crippen molar-refractivity contribution >= 4 is 17.3 Å². The summed E-state index contributed by atoms with van der Waals surface area (Å²) in [5.41, 5.74) is 2.71. The maximum atomic E-state index is 5.92. The fourth-order valence-corrected chi connectivity index (χ4v) is 3.01. The van der Waals surface area contributed by atoms with Gasteiger partial charge in [0.1, 0.15) is 12.4 Å². The quantitative estimate of drug-likeness (QED) is 0.832. The average molecular weight is 288 g/mol. The van der Waals surface area contributed by atoms with Gasteiger partial charge < -0.3 is 9.64 Å². The lowest BCUT2D eigenvalue weighted by molar-refractivity contribution is 0.276. The third-order valence-corrected chi connectivity index (χ3v) is 4.37. The number of rotatable bonds is 3. The standard InChI is InChI=1S/C17H18ClNO/c1-12-15-5-3-4-6-16(15)19(2)17(12)11-20-14-9-7-13(18)8-10-14/h3-10,12,17H,11H2,1-2H3. The van der Waals surface area contributed by atoms with Crippen LogP contribution in [0.5, 0.6) is 5.75 Å². The molecule has 0 bridgehead atoms. The van der Waals surface area contributed by atoms with Gasteiger partial charge in [-0.1, -0.05) is 36.7 Å². The monoisotopic (exact) mass is 287 g/mol. The molecule has 0 spiro atoms. The van der Waals surface area contributed by atoms with Gasteiger partial charge in [-0.25, -0.2) is 0 Å². The fraction of sp³-hybridized carbons (Fsp3) is 0.294. The summed E-state index contributed by atoms with van der Waals surface area (Å²) in [4.78, 5) is 2.32. The van der Waals surface area contributed by atoms with Gasteiger partial charge in [0.25, 0.3) is 0 Å². The van der Waals surface area contributed by atoms with Crippen molar-refractivity contribution in [3.05, 3.63) is 59.1 Å². The Morgan fingerprint density at radius 3 is 2.50 bits per heavy atom. The van der Waals surface area contributed by atoms with Gasteiger partial charge in [0.2, 0.25) is 0 Å². The first kappa shape index (κ1) is 13.3. The number of hydrogen-bond acceptors (Lipinski definition) is 2. The van der Waals surface area contributed by atoms with Crippen LogP contribution in [0.15, 0.2) is 48.5 Å². The molecule has 104 valence electrons. The van der Waals surface area contributed by atoms with Crippen LogP contribution < -0.4 is 9.64 Å². The summed E-state index contributed by atoms with van der Waals surface area (Å²) < 4.78 is 5.92. The number of benzene rings is 2. The Kier molecular flexibility index (Phi) is 3.58. The predicted octanol–water partition coefficient (Wildman–Crippen LogP) is 4.34. The van der Waals surface area contributed by atoms with Crippen molar-refractivity contribution in [2.75, 3.05) is 18.6 Å². The average Bonchev–Trinajstić information content (AvgIpc) is 2.71. The Labute approximate surface area is 124 Å². The van der Waals surface area contributed by atoms with Gasteiger partial charge in [0.05, 0.1) is 6.04 Å². The lowest BCUT2D eigenvalue weighted by atomic mass is 9.98. The first-order valence-electron chi connectivity index (χ1n) is 6.87. The van der Waals surface area contributed by atoms with E-state index in [1.54, 1.807) is 0 Å². The molecular formula is C17H18ClNO. The highest BCUT2D eigenvalue weighted by Crippen LogP contribution is 2.39. The van der Waals surface area contributed by atoms with Gasteiger partial charge >= 0.3 is 0 Å². The van der Waals surface area contributed by atoms with Crippen LogP contribution in [0.25, 0.3) is 0 Å². The molecule has 0 saturated carbocycles. The number of likely N-dealkylation sites (N-methyl/N-ethyl adjacent to an activating group) is 1. The molecule has 0 N–H and O–H groups in total. The Morgan fingerprint density at radius 2 is 1.80 bits per heavy atom. The van der Waals surface area contributed by atoms with E-state index in [1.165, 1.54) is 11.3 Å². The Morgan fingerprint density at radius 1 is 1.10 bits per heavy atom. The maximum absolute atomic E-state index is 5.92. The number of fused-ring (bicyclic) bond motifs is 1.